The highest BCUT2D eigenvalue weighted by Gasteiger charge is 2.33. The normalized spacial score (nSPS) is 20.6. The van der Waals surface area contributed by atoms with E-state index in [1.165, 1.54) is 43.2 Å². The van der Waals surface area contributed by atoms with Crippen LogP contribution in [0.3, 0.4) is 0 Å². The Hall–Kier alpha value is -1.75. The Labute approximate surface area is 150 Å². The third kappa shape index (κ3) is 3.34. The van der Waals surface area contributed by atoms with Crippen LogP contribution in [0.15, 0.2) is 24.3 Å². The van der Waals surface area contributed by atoms with E-state index >= 15 is 0 Å². The minimum atomic E-state index is 0.283. The Bertz CT molecular complexity index is 702. The molecule has 1 fully saturated rings. The van der Waals surface area contributed by atoms with Crippen LogP contribution in [-0.4, -0.2) is 31.7 Å². The Morgan fingerprint density at radius 3 is 2.56 bits per heavy atom. The monoisotopic (exact) mass is 339 g/mol. The topological polar surface area (TPSA) is 46.8 Å². The molecule has 134 valence electrons. The van der Waals surface area contributed by atoms with E-state index in [0.717, 1.165) is 25.3 Å². The van der Waals surface area contributed by atoms with Crippen LogP contribution in [-0.2, 0) is 13.0 Å². The van der Waals surface area contributed by atoms with E-state index in [-0.39, 0.29) is 6.04 Å². The molecule has 0 bridgehead atoms. The third-order valence-corrected chi connectivity index (χ3v) is 5.89. The van der Waals surface area contributed by atoms with E-state index in [0.29, 0.717) is 12.0 Å². The lowest BCUT2D eigenvalue weighted by Gasteiger charge is -2.37. The number of fused-ring (bicyclic) bond motifs is 1. The van der Waals surface area contributed by atoms with E-state index in [9.17, 15) is 0 Å². The van der Waals surface area contributed by atoms with Crippen molar-refractivity contribution in [1.29, 1.82) is 0 Å². The first kappa shape index (κ1) is 16.7. The highest BCUT2D eigenvalue weighted by Crippen LogP contribution is 2.35. The molecule has 1 aromatic heterocycles. The maximum Gasteiger partial charge on any atom is 0.168 e. The second-order valence-electron chi connectivity index (χ2n) is 7.95. The maximum absolute atomic E-state index is 4.50. The lowest BCUT2D eigenvalue weighted by Crippen LogP contribution is -2.38. The fourth-order valence-electron chi connectivity index (χ4n) is 4.62. The molecule has 2 heterocycles. The summed E-state index contributed by atoms with van der Waals surface area (Å²) in [5.74, 6) is 1.56. The lowest BCUT2D eigenvalue weighted by molar-refractivity contribution is 0.123. The zero-order valence-electron chi connectivity index (χ0n) is 15.4. The molecular formula is C20H29N5. The maximum atomic E-state index is 4.50. The average molecular weight is 339 g/mol. The fourth-order valence-corrected chi connectivity index (χ4v) is 4.62. The van der Waals surface area contributed by atoms with Gasteiger partial charge in [0.15, 0.2) is 5.82 Å². The molecule has 5 heteroatoms. The summed E-state index contributed by atoms with van der Waals surface area (Å²) in [5, 5.41) is 13.0. The van der Waals surface area contributed by atoms with Gasteiger partial charge in [-0.15, -0.1) is 5.10 Å². The summed E-state index contributed by atoms with van der Waals surface area (Å²) >= 11 is 0. The van der Waals surface area contributed by atoms with Gasteiger partial charge in [0, 0.05) is 13.1 Å². The van der Waals surface area contributed by atoms with Gasteiger partial charge in [-0.05, 0) is 46.7 Å². The minimum absolute atomic E-state index is 0.283. The molecule has 0 radical (unpaired) electrons. The van der Waals surface area contributed by atoms with Crippen molar-refractivity contribution in [1.82, 2.24) is 25.1 Å². The van der Waals surface area contributed by atoms with E-state index in [1.54, 1.807) is 0 Å². The molecule has 1 aliphatic heterocycles. The molecule has 2 aliphatic rings. The van der Waals surface area contributed by atoms with E-state index in [4.69, 9.17) is 0 Å². The molecule has 4 rings (SSSR count). The summed E-state index contributed by atoms with van der Waals surface area (Å²) in [6.07, 6.45) is 7.49. The number of hydrogen-bond acceptors (Lipinski definition) is 4. The molecule has 1 aromatic carbocycles. The fraction of sp³-hybridized carbons (Fsp3) is 0.650. The first-order valence-corrected chi connectivity index (χ1v) is 9.82. The summed E-state index contributed by atoms with van der Waals surface area (Å²) < 4.78 is 2.16. The molecule has 25 heavy (non-hydrogen) atoms. The van der Waals surface area contributed by atoms with Crippen molar-refractivity contribution < 1.29 is 0 Å². The predicted octanol–water partition coefficient (Wildman–Crippen LogP) is 3.93. The Balaban J connectivity index is 1.62. The van der Waals surface area contributed by atoms with Crippen LogP contribution in [0.1, 0.15) is 75.0 Å². The standard InChI is InChI=1S/C20H29N5/c1-15(2)19(24-13-12-16-8-6-7-9-17(16)14-24)20-21-22-23-25(20)18-10-4-3-5-11-18/h6-9,15,18-19H,3-5,10-14H2,1-2H3/t19-/m0/s1. The van der Waals surface area contributed by atoms with Gasteiger partial charge in [-0.3, -0.25) is 4.90 Å². The van der Waals surface area contributed by atoms with Gasteiger partial charge in [0.2, 0.25) is 0 Å². The number of aromatic nitrogens is 4. The molecule has 1 aliphatic carbocycles. The zero-order valence-corrected chi connectivity index (χ0v) is 15.4. The average Bonchev–Trinajstić information content (AvgIpc) is 3.11. The summed E-state index contributed by atoms with van der Waals surface area (Å²) in [7, 11) is 0. The van der Waals surface area contributed by atoms with Gasteiger partial charge < -0.3 is 0 Å². The highest BCUT2D eigenvalue weighted by atomic mass is 15.6. The molecule has 2 aromatic rings. The second-order valence-corrected chi connectivity index (χ2v) is 7.95. The van der Waals surface area contributed by atoms with Gasteiger partial charge in [0.25, 0.3) is 0 Å². The number of rotatable bonds is 4. The van der Waals surface area contributed by atoms with Gasteiger partial charge in [0.1, 0.15) is 0 Å². The molecular weight excluding hydrogens is 310 g/mol. The molecule has 1 atom stereocenters. The lowest BCUT2D eigenvalue weighted by atomic mass is 9.93. The van der Waals surface area contributed by atoms with Gasteiger partial charge in [-0.25, -0.2) is 4.68 Å². The van der Waals surface area contributed by atoms with Crippen molar-refractivity contribution in [3.8, 4) is 0 Å². The second kappa shape index (κ2) is 7.24. The van der Waals surface area contributed by atoms with E-state index in [2.05, 4.69) is 63.2 Å². The van der Waals surface area contributed by atoms with Crippen LogP contribution in [0, 0.1) is 5.92 Å². The summed E-state index contributed by atoms with van der Waals surface area (Å²) in [4.78, 5) is 2.58. The van der Waals surface area contributed by atoms with Crippen molar-refractivity contribution >= 4 is 0 Å². The Kier molecular flexibility index (Phi) is 4.84. The summed E-state index contributed by atoms with van der Waals surface area (Å²) in [6.45, 7) is 6.67. The van der Waals surface area contributed by atoms with Gasteiger partial charge >= 0.3 is 0 Å². The number of nitrogens with zero attached hydrogens (tertiary/aromatic N) is 5. The van der Waals surface area contributed by atoms with Gasteiger partial charge in [-0.1, -0.05) is 57.4 Å². The van der Waals surface area contributed by atoms with Gasteiger partial charge in [0.05, 0.1) is 12.1 Å². The molecule has 5 nitrogen and oxygen atoms in total. The largest absolute Gasteiger partial charge is 0.288 e. The molecule has 0 amide bonds. The van der Waals surface area contributed by atoms with Crippen molar-refractivity contribution in [3.05, 3.63) is 41.2 Å². The smallest absolute Gasteiger partial charge is 0.168 e. The Morgan fingerprint density at radius 2 is 1.80 bits per heavy atom. The predicted molar refractivity (Wildman–Crippen MR) is 98.1 cm³/mol. The number of tetrazole rings is 1. The van der Waals surface area contributed by atoms with Gasteiger partial charge in [-0.2, -0.15) is 0 Å². The van der Waals surface area contributed by atoms with Crippen LogP contribution >= 0.6 is 0 Å². The van der Waals surface area contributed by atoms with Crippen molar-refractivity contribution in [3.63, 3.8) is 0 Å². The number of hydrogen-bond donors (Lipinski definition) is 0. The first-order valence-electron chi connectivity index (χ1n) is 9.82. The SMILES string of the molecule is CC(C)[C@@H](c1nnnn1C1CCCCC1)N1CCc2ccccc2C1. The number of benzene rings is 1. The van der Waals surface area contributed by atoms with Crippen LogP contribution < -0.4 is 0 Å². The zero-order chi connectivity index (χ0) is 17.2. The minimum Gasteiger partial charge on any atom is -0.288 e. The summed E-state index contributed by atoms with van der Waals surface area (Å²) in [5.41, 5.74) is 2.95. The van der Waals surface area contributed by atoms with Crippen LogP contribution in [0.4, 0.5) is 0 Å². The van der Waals surface area contributed by atoms with Crippen molar-refractivity contribution in [2.45, 2.75) is 71.0 Å². The highest BCUT2D eigenvalue weighted by molar-refractivity contribution is 5.29. The molecule has 1 saturated carbocycles. The quantitative estimate of drug-likeness (QED) is 0.846. The first-order chi connectivity index (χ1) is 12.2. The van der Waals surface area contributed by atoms with Crippen LogP contribution in [0.2, 0.25) is 0 Å². The van der Waals surface area contributed by atoms with E-state index < -0.39 is 0 Å². The van der Waals surface area contributed by atoms with Crippen LogP contribution in [0.25, 0.3) is 0 Å². The molecule has 0 unspecified atom stereocenters. The van der Waals surface area contributed by atoms with Crippen molar-refractivity contribution in [2.75, 3.05) is 6.54 Å². The Morgan fingerprint density at radius 1 is 1.04 bits per heavy atom. The molecule has 0 saturated heterocycles. The molecule has 0 N–H and O–H groups in total. The molecule has 0 spiro atoms. The van der Waals surface area contributed by atoms with Crippen molar-refractivity contribution in [2.24, 2.45) is 5.92 Å². The summed E-state index contributed by atoms with van der Waals surface area (Å²) in [6, 6.07) is 9.60. The third-order valence-electron chi connectivity index (χ3n) is 5.89. The van der Waals surface area contributed by atoms with E-state index in [1.807, 2.05) is 0 Å². The van der Waals surface area contributed by atoms with Crippen LogP contribution in [0.5, 0.6) is 0 Å².